The number of benzene rings is 1. The van der Waals surface area contributed by atoms with Crippen molar-refractivity contribution in [1.82, 2.24) is 0 Å². The van der Waals surface area contributed by atoms with Gasteiger partial charge in [0.25, 0.3) is 5.91 Å². The van der Waals surface area contributed by atoms with Gasteiger partial charge in [-0.1, -0.05) is 6.07 Å². The maximum Gasteiger partial charge on any atom is 0.269 e. The predicted molar refractivity (Wildman–Crippen MR) is 81.4 cm³/mol. The van der Waals surface area contributed by atoms with Crippen LogP contribution in [0.5, 0.6) is 5.75 Å². The van der Waals surface area contributed by atoms with Gasteiger partial charge < -0.3 is 10.1 Å². The monoisotopic (exact) mass is 326 g/mol. The molecule has 2 rings (SSSR count). The minimum absolute atomic E-state index is 0.0541. The number of primary sulfonamides is 1. The molecule has 0 unspecified atom stereocenters. The summed E-state index contributed by atoms with van der Waals surface area (Å²) < 4.78 is 27.8. The number of hydrogen-bond donors (Lipinski definition) is 2. The van der Waals surface area contributed by atoms with E-state index < -0.39 is 10.0 Å². The van der Waals surface area contributed by atoms with Gasteiger partial charge in [-0.25, -0.2) is 13.6 Å². The van der Waals surface area contributed by atoms with E-state index in [2.05, 4.69) is 5.32 Å². The Hall–Kier alpha value is -1.90. The number of rotatable bonds is 4. The third kappa shape index (κ3) is 3.41. The Morgan fingerprint density at radius 2 is 2.05 bits per heavy atom. The van der Waals surface area contributed by atoms with Gasteiger partial charge in [0.2, 0.25) is 10.0 Å². The number of thiophene rings is 1. The van der Waals surface area contributed by atoms with Crippen molar-refractivity contribution in [3.05, 3.63) is 40.1 Å². The maximum absolute atomic E-state index is 12.2. The number of ether oxygens (including phenoxy) is 1. The SMILES string of the molecule is COc1ccsc1C(=O)Nc1cc(S(N)(=O)=O)ccc1C. The lowest BCUT2D eigenvalue weighted by molar-refractivity contribution is 0.102. The topological polar surface area (TPSA) is 98.5 Å². The van der Waals surface area contributed by atoms with Crippen LogP contribution in [0.4, 0.5) is 5.69 Å². The molecule has 8 heteroatoms. The molecule has 0 aliphatic carbocycles. The van der Waals surface area contributed by atoms with Gasteiger partial charge in [0, 0.05) is 5.69 Å². The summed E-state index contributed by atoms with van der Waals surface area (Å²) in [5.74, 6) is 0.106. The molecule has 0 atom stereocenters. The molecule has 1 amide bonds. The highest BCUT2D eigenvalue weighted by molar-refractivity contribution is 7.89. The Labute approximate surface area is 126 Å². The van der Waals surface area contributed by atoms with Crippen LogP contribution >= 0.6 is 11.3 Å². The van der Waals surface area contributed by atoms with Crippen LogP contribution in [0.3, 0.4) is 0 Å². The molecule has 21 heavy (non-hydrogen) atoms. The zero-order chi connectivity index (χ0) is 15.6. The second-order valence-electron chi connectivity index (χ2n) is 4.29. The van der Waals surface area contributed by atoms with E-state index in [1.165, 1.54) is 30.6 Å². The van der Waals surface area contributed by atoms with Gasteiger partial charge in [0.15, 0.2) is 0 Å². The summed E-state index contributed by atoms with van der Waals surface area (Å²) in [6.07, 6.45) is 0. The summed E-state index contributed by atoms with van der Waals surface area (Å²) in [4.78, 5) is 12.6. The van der Waals surface area contributed by atoms with E-state index in [0.717, 1.165) is 5.56 Å². The third-order valence-electron chi connectivity index (χ3n) is 2.84. The maximum atomic E-state index is 12.2. The Bertz CT molecular complexity index is 781. The van der Waals surface area contributed by atoms with Crippen molar-refractivity contribution in [2.45, 2.75) is 11.8 Å². The molecule has 6 nitrogen and oxygen atoms in total. The quantitative estimate of drug-likeness (QED) is 0.897. The number of nitrogens with two attached hydrogens (primary N) is 1. The van der Waals surface area contributed by atoms with Crippen LogP contribution in [0, 0.1) is 6.92 Å². The van der Waals surface area contributed by atoms with E-state index in [0.29, 0.717) is 16.3 Å². The molecule has 1 aromatic heterocycles. The van der Waals surface area contributed by atoms with Crippen molar-refractivity contribution in [3.63, 3.8) is 0 Å². The first-order chi connectivity index (χ1) is 9.82. The highest BCUT2D eigenvalue weighted by Crippen LogP contribution is 2.26. The average Bonchev–Trinajstić information content (AvgIpc) is 2.88. The van der Waals surface area contributed by atoms with E-state index in [9.17, 15) is 13.2 Å². The summed E-state index contributed by atoms with van der Waals surface area (Å²) in [6, 6.07) is 6.00. The van der Waals surface area contributed by atoms with Crippen LogP contribution < -0.4 is 15.2 Å². The molecule has 0 aliphatic heterocycles. The summed E-state index contributed by atoms with van der Waals surface area (Å²) in [7, 11) is -2.34. The van der Waals surface area contributed by atoms with E-state index in [1.807, 2.05) is 0 Å². The molecular weight excluding hydrogens is 312 g/mol. The lowest BCUT2D eigenvalue weighted by Crippen LogP contribution is -2.15. The number of carbonyl (C=O) groups excluding carboxylic acids is 1. The number of nitrogens with one attached hydrogen (secondary N) is 1. The van der Waals surface area contributed by atoms with E-state index in [4.69, 9.17) is 9.88 Å². The molecule has 3 N–H and O–H groups in total. The van der Waals surface area contributed by atoms with E-state index in [1.54, 1.807) is 24.4 Å². The Kier molecular flexibility index (Phi) is 4.31. The van der Waals surface area contributed by atoms with Crippen molar-refractivity contribution in [2.75, 3.05) is 12.4 Å². The number of carbonyl (C=O) groups is 1. The normalized spacial score (nSPS) is 11.2. The van der Waals surface area contributed by atoms with Gasteiger partial charge >= 0.3 is 0 Å². The molecule has 0 radical (unpaired) electrons. The van der Waals surface area contributed by atoms with Crippen molar-refractivity contribution < 1.29 is 17.9 Å². The largest absolute Gasteiger partial charge is 0.495 e. The number of hydrogen-bond acceptors (Lipinski definition) is 5. The van der Waals surface area contributed by atoms with Crippen LogP contribution in [0.15, 0.2) is 34.5 Å². The van der Waals surface area contributed by atoms with Crippen LogP contribution in [-0.4, -0.2) is 21.4 Å². The number of methoxy groups -OCH3 is 1. The summed E-state index contributed by atoms with van der Waals surface area (Å²) in [5, 5.41) is 9.50. The first-order valence-electron chi connectivity index (χ1n) is 5.89. The lowest BCUT2D eigenvalue weighted by Gasteiger charge is -2.10. The van der Waals surface area contributed by atoms with E-state index in [-0.39, 0.29) is 10.8 Å². The molecule has 0 aliphatic rings. The van der Waals surface area contributed by atoms with Crippen molar-refractivity contribution in [2.24, 2.45) is 5.14 Å². The van der Waals surface area contributed by atoms with Gasteiger partial charge in [-0.3, -0.25) is 4.79 Å². The summed E-state index contributed by atoms with van der Waals surface area (Å²) in [6.45, 7) is 1.76. The predicted octanol–water partition coefficient (Wildman–Crippen LogP) is 1.96. The van der Waals surface area contributed by atoms with Crippen LogP contribution in [-0.2, 0) is 10.0 Å². The molecule has 1 heterocycles. The fourth-order valence-electron chi connectivity index (χ4n) is 1.72. The molecule has 1 aromatic carbocycles. The molecule has 112 valence electrons. The molecule has 0 saturated heterocycles. The molecule has 2 aromatic rings. The van der Waals surface area contributed by atoms with Gasteiger partial charge in [-0.15, -0.1) is 11.3 Å². The van der Waals surface area contributed by atoms with E-state index >= 15 is 0 Å². The molecule has 0 saturated carbocycles. The van der Waals surface area contributed by atoms with Crippen LogP contribution in [0.2, 0.25) is 0 Å². The fraction of sp³-hybridized carbons (Fsp3) is 0.154. The Morgan fingerprint density at radius 3 is 2.67 bits per heavy atom. The highest BCUT2D eigenvalue weighted by atomic mass is 32.2. The number of sulfonamides is 1. The third-order valence-corrected chi connectivity index (χ3v) is 4.65. The van der Waals surface area contributed by atoms with Crippen LogP contribution in [0.1, 0.15) is 15.2 Å². The zero-order valence-corrected chi connectivity index (χ0v) is 13.0. The molecule has 0 bridgehead atoms. The van der Waals surface area contributed by atoms with Crippen LogP contribution in [0.25, 0.3) is 0 Å². The summed E-state index contributed by atoms with van der Waals surface area (Å²) in [5.41, 5.74) is 1.12. The van der Waals surface area contributed by atoms with Gasteiger partial charge in [-0.2, -0.15) is 0 Å². The minimum atomic E-state index is -3.82. The zero-order valence-electron chi connectivity index (χ0n) is 11.4. The number of anilines is 1. The van der Waals surface area contributed by atoms with Gasteiger partial charge in [-0.05, 0) is 36.1 Å². The van der Waals surface area contributed by atoms with Crippen molar-refractivity contribution >= 4 is 33.0 Å². The average molecular weight is 326 g/mol. The highest BCUT2D eigenvalue weighted by Gasteiger charge is 2.16. The van der Waals surface area contributed by atoms with Gasteiger partial charge in [0.1, 0.15) is 10.6 Å². The standard InChI is InChI=1S/C13H14N2O4S2/c1-8-3-4-9(21(14,17)18)7-10(8)15-13(16)12-11(19-2)5-6-20-12/h3-7H,1-2H3,(H,15,16)(H2,14,17,18). The first kappa shape index (κ1) is 15.5. The number of amides is 1. The fourth-order valence-corrected chi connectivity index (χ4v) is 3.01. The Balaban J connectivity index is 2.33. The molecule has 0 fully saturated rings. The molecule has 0 spiro atoms. The smallest absolute Gasteiger partial charge is 0.269 e. The first-order valence-corrected chi connectivity index (χ1v) is 8.32. The minimum Gasteiger partial charge on any atom is -0.495 e. The molecular formula is C13H14N2O4S2. The Morgan fingerprint density at radius 1 is 1.33 bits per heavy atom. The second-order valence-corrected chi connectivity index (χ2v) is 6.77. The van der Waals surface area contributed by atoms with Gasteiger partial charge in [0.05, 0.1) is 12.0 Å². The second kappa shape index (κ2) is 5.84. The summed E-state index contributed by atoms with van der Waals surface area (Å²) >= 11 is 1.24. The lowest BCUT2D eigenvalue weighted by atomic mass is 10.2. The van der Waals surface area contributed by atoms with Crippen molar-refractivity contribution in [3.8, 4) is 5.75 Å². The number of aryl methyl sites for hydroxylation is 1. The van der Waals surface area contributed by atoms with Crippen molar-refractivity contribution in [1.29, 1.82) is 0 Å².